The SMILES string of the molecule is CCCO[C@@](C)(CCC)C(=O)Nc1ccc(OCCN2CCCC[C@H]2C)cc1. The summed E-state index contributed by atoms with van der Waals surface area (Å²) in [6.45, 7) is 11.7. The fourth-order valence-electron chi connectivity index (χ4n) is 3.72. The van der Waals surface area contributed by atoms with E-state index in [1.54, 1.807) is 0 Å². The predicted molar refractivity (Wildman–Crippen MR) is 115 cm³/mol. The van der Waals surface area contributed by atoms with Crippen molar-refractivity contribution in [1.82, 2.24) is 4.90 Å². The van der Waals surface area contributed by atoms with E-state index in [1.165, 1.54) is 25.8 Å². The Kier molecular flexibility index (Phi) is 9.26. The van der Waals surface area contributed by atoms with E-state index in [0.29, 0.717) is 25.7 Å². The molecule has 1 amide bonds. The van der Waals surface area contributed by atoms with Crippen molar-refractivity contribution in [2.24, 2.45) is 0 Å². The second-order valence-corrected chi connectivity index (χ2v) is 8.04. The minimum Gasteiger partial charge on any atom is -0.492 e. The highest BCUT2D eigenvalue weighted by molar-refractivity contribution is 5.97. The van der Waals surface area contributed by atoms with Crippen LogP contribution < -0.4 is 10.1 Å². The van der Waals surface area contributed by atoms with Gasteiger partial charge in [-0.2, -0.15) is 0 Å². The molecule has 0 spiro atoms. The van der Waals surface area contributed by atoms with E-state index < -0.39 is 5.60 Å². The molecule has 0 bridgehead atoms. The number of likely N-dealkylation sites (tertiary alicyclic amines) is 1. The molecule has 1 aliphatic rings. The molecule has 1 saturated heterocycles. The number of rotatable bonds is 11. The first kappa shape index (κ1) is 22.7. The zero-order valence-corrected chi connectivity index (χ0v) is 18.1. The minimum atomic E-state index is -0.787. The molecular formula is C23H38N2O3. The molecule has 0 unspecified atom stereocenters. The Hall–Kier alpha value is -1.59. The number of hydrogen-bond acceptors (Lipinski definition) is 4. The number of nitrogens with zero attached hydrogens (tertiary/aromatic N) is 1. The first-order valence-electron chi connectivity index (χ1n) is 10.9. The van der Waals surface area contributed by atoms with Crippen LogP contribution in [0.5, 0.6) is 5.75 Å². The molecule has 2 rings (SSSR count). The lowest BCUT2D eigenvalue weighted by Gasteiger charge is -2.33. The maximum atomic E-state index is 12.7. The second kappa shape index (κ2) is 11.4. The Labute approximate surface area is 170 Å². The third-order valence-electron chi connectivity index (χ3n) is 5.53. The van der Waals surface area contributed by atoms with E-state index in [1.807, 2.05) is 31.2 Å². The Morgan fingerprint density at radius 1 is 1.18 bits per heavy atom. The standard InChI is InChI=1S/C23H38N2O3/c1-5-14-23(4,28-17-6-2)22(26)24-20-10-12-21(13-11-20)27-18-16-25-15-8-7-9-19(25)3/h10-13,19H,5-9,14-18H2,1-4H3,(H,24,26)/t19-,23+/m1/s1. The second-order valence-electron chi connectivity index (χ2n) is 8.04. The van der Waals surface area contributed by atoms with Crippen LogP contribution >= 0.6 is 0 Å². The maximum absolute atomic E-state index is 12.7. The molecular weight excluding hydrogens is 352 g/mol. The molecule has 0 radical (unpaired) electrons. The Morgan fingerprint density at radius 3 is 2.57 bits per heavy atom. The van der Waals surface area contributed by atoms with Gasteiger partial charge in [0.15, 0.2) is 0 Å². The zero-order valence-electron chi connectivity index (χ0n) is 18.1. The average molecular weight is 391 g/mol. The number of amides is 1. The lowest BCUT2D eigenvalue weighted by atomic mass is 9.99. The molecule has 1 N–H and O–H groups in total. The fraction of sp³-hybridized carbons (Fsp3) is 0.696. The van der Waals surface area contributed by atoms with E-state index in [2.05, 4.69) is 31.0 Å². The highest BCUT2D eigenvalue weighted by atomic mass is 16.5. The van der Waals surface area contributed by atoms with Crippen molar-refractivity contribution in [3.63, 3.8) is 0 Å². The van der Waals surface area contributed by atoms with E-state index >= 15 is 0 Å². The number of ether oxygens (including phenoxy) is 2. The summed E-state index contributed by atoms with van der Waals surface area (Å²) in [5, 5.41) is 2.99. The van der Waals surface area contributed by atoms with Gasteiger partial charge in [0.25, 0.3) is 5.91 Å². The number of nitrogens with one attached hydrogen (secondary N) is 1. The van der Waals surface area contributed by atoms with Crippen LogP contribution in [-0.4, -0.2) is 48.8 Å². The lowest BCUT2D eigenvalue weighted by molar-refractivity contribution is -0.140. The van der Waals surface area contributed by atoms with Crippen molar-refractivity contribution >= 4 is 11.6 Å². The first-order valence-corrected chi connectivity index (χ1v) is 10.9. The van der Waals surface area contributed by atoms with Gasteiger partial charge in [0.05, 0.1) is 0 Å². The molecule has 158 valence electrons. The van der Waals surface area contributed by atoms with Crippen molar-refractivity contribution < 1.29 is 14.3 Å². The van der Waals surface area contributed by atoms with Crippen LogP contribution in [-0.2, 0) is 9.53 Å². The largest absolute Gasteiger partial charge is 0.492 e. The Balaban J connectivity index is 1.83. The van der Waals surface area contributed by atoms with Gasteiger partial charge < -0.3 is 14.8 Å². The number of carbonyl (C=O) groups excluding carboxylic acids is 1. The molecule has 0 saturated carbocycles. The number of anilines is 1. The summed E-state index contributed by atoms with van der Waals surface area (Å²) in [6, 6.07) is 8.27. The number of carbonyl (C=O) groups is 1. The quantitative estimate of drug-likeness (QED) is 0.586. The molecule has 1 fully saturated rings. The van der Waals surface area contributed by atoms with Gasteiger partial charge in [0.2, 0.25) is 0 Å². The van der Waals surface area contributed by atoms with E-state index in [0.717, 1.165) is 30.8 Å². The Morgan fingerprint density at radius 2 is 1.93 bits per heavy atom. The number of benzene rings is 1. The molecule has 1 heterocycles. The minimum absolute atomic E-state index is 0.0874. The predicted octanol–water partition coefficient (Wildman–Crippen LogP) is 4.86. The molecule has 28 heavy (non-hydrogen) atoms. The normalized spacial score (nSPS) is 19.8. The first-order chi connectivity index (χ1) is 13.5. The van der Waals surface area contributed by atoms with Crippen molar-refractivity contribution in [3.8, 4) is 5.75 Å². The molecule has 0 aromatic heterocycles. The van der Waals surface area contributed by atoms with Gasteiger partial charge >= 0.3 is 0 Å². The summed E-state index contributed by atoms with van der Waals surface area (Å²) < 4.78 is 11.8. The smallest absolute Gasteiger partial charge is 0.256 e. The molecule has 0 aliphatic carbocycles. The van der Waals surface area contributed by atoms with Crippen molar-refractivity contribution in [3.05, 3.63) is 24.3 Å². The van der Waals surface area contributed by atoms with Crippen LogP contribution in [0.25, 0.3) is 0 Å². The van der Waals surface area contributed by atoms with Crippen LogP contribution in [0.4, 0.5) is 5.69 Å². The van der Waals surface area contributed by atoms with Crippen LogP contribution in [0.3, 0.4) is 0 Å². The molecule has 1 aromatic carbocycles. The van der Waals surface area contributed by atoms with E-state index in [-0.39, 0.29) is 5.91 Å². The highest BCUT2D eigenvalue weighted by Crippen LogP contribution is 2.23. The summed E-state index contributed by atoms with van der Waals surface area (Å²) in [6.07, 6.45) is 6.41. The van der Waals surface area contributed by atoms with Crippen LogP contribution in [0.2, 0.25) is 0 Å². The summed E-state index contributed by atoms with van der Waals surface area (Å²) in [7, 11) is 0. The topological polar surface area (TPSA) is 50.8 Å². The van der Waals surface area contributed by atoms with Gasteiger partial charge in [-0.15, -0.1) is 0 Å². The maximum Gasteiger partial charge on any atom is 0.256 e. The molecule has 5 heteroatoms. The van der Waals surface area contributed by atoms with Crippen LogP contribution in [0.15, 0.2) is 24.3 Å². The Bertz CT molecular complexity index is 590. The highest BCUT2D eigenvalue weighted by Gasteiger charge is 2.33. The van der Waals surface area contributed by atoms with Gasteiger partial charge in [-0.25, -0.2) is 0 Å². The summed E-state index contributed by atoms with van der Waals surface area (Å²) in [4.78, 5) is 15.2. The zero-order chi connectivity index (χ0) is 20.4. The molecule has 2 atom stereocenters. The van der Waals surface area contributed by atoms with Gasteiger partial charge in [-0.3, -0.25) is 9.69 Å². The van der Waals surface area contributed by atoms with Gasteiger partial charge in [-0.05, 0) is 70.3 Å². The van der Waals surface area contributed by atoms with Gasteiger partial charge in [0, 0.05) is 24.9 Å². The van der Waals surface area contributed by atoms with Crippen LogP contribution in [0, 0.1) is 0 Å². The monoisotopic (exact) mass is 390 g/mol. The summed E-state index contributed by atoms with van der Waals surface area (Å²) in [5.41, 5.74) is -0.0186. The number of hydrogen-bond donors (Lipinski definition) is 1. The van der Waals surface area contributed by atoms with Gasteiger partial charge in [-0.1, -0.05) is 26.7 Å². The summed E-state index contributed by atoms with van der Waals surface area (Å²) in [5.74, 6) is 0.747. The average Bonchev–Trinajstić information content (AvgIpc) is 2.69. The van der Waals surface area contributed by atoms with Crippen molar-refractivity contribution in [2.75, 3.05) is 31.6 Å². The molecule has 5 nitrogen and oxygen atoms in total. The van der Waals surface area contributed by atoms with E-state index in [9.17, 15) is 4.79 Å². The van der Waals surface area contributed by atoms with Crippen molar-refractivity contribution in [2.45, 2.75) is 77.9 Å². The number of piperidine rings is 1. The summed E-state index contributed by atoms with van der Waals surface area (Å²) >= 11 is 0. The van der Waals surface area contributed by atoms with E-state index in [4.69, 9.17) is 9.47 Å². The van der Waals surface area contributed by atoms with Crippen LogP contribution in [0.1, 0.15) is 66.2 Å². The fourth-order valence-corrected chi connectivity index (χ4v) is 3.72. The third kappa shape index (κ3) is 6.78. The van der Waals surface area contributed by atoms with Gasteiger partial charge in [0.1, 0.15) is 18.0 Å². The molecule has 1 aromatic rings. The third-order valence-corrected chi connectivity index (χ3v) is 5.53. The van der Waals surface area contributed by atoms with Crippen molar-refractivity contribution in [1.29, 1.82) is 0 Å². The molecule has 1 aliphatic heterocycles. The lowest BCUT2D eigenvalue weighted by Crippen LogP contribution is -2.43.